The van der Waals surface area contributed by atoms with Gasteiger partial charge in [-0.25, -0.2) is 4.99 Å². The highest BCUT2D eigenvalue weighted by atomic mass is 35.5. The fourth-order valence-electron chi connectivity index (χ4n) is 2.94. The number of amidine groups is 1. The molecule has 0 fully saturated rings. The van der Waals surface area contributed by atoms with E-state index in [0.29, 0.717) is 28.8 Å². The van der Waals surface area contributed by atoms with Crippen molar-refractivity contribution in [3.63, 3.8) is 0 Å². The van der Waals surface area contributed by atoms with E-state index in [2.05, 4.69) is 23.7 Å². The zero-order valence-corrected chi connectivity index (χ0v) is 15.6. The first-order valence-corrected chi connectivity index (χ1v) is 8.91. The van der Waals surface area contributed by atoms with Crippen molar-refractivity contribution in [1.82, 2.24) is 4.90 Å². The summed E-state index contributed by atoms with van der Waals surface area (Å²) in [5.74, 6) is 0.659. The van der Waals surface area contributed by atoms with Crippen molar-refractivity contribution < 1.29 is 4.74 Å². The van der Waals surface area contributed by atoms with Gasteiger partial charge in [-0.05, 0) is 42.6 Å². The average molecular weight is 358 g/mol. The number of ether oxygens (including phenoxy) is 1. The van der Waals surface area contributed by atoms with E-state index >= 15 is 0 Å². The highest BCUT2D eigenvalue weighted by Gasteiger charge is 2.26. The molecule has 0 N–H and O–H groups in total. The molecule has 0 spiro atoms. The number of nitrogens with zero attached hydrogens (tertiary/aromatic N) is 3. The van der Waals surface area contributed by atoms with Crippen LogP contribution in [0.2, 0.25) is 5.02 Å². The fraction of sp³-hybridized carbons (Fsp3) is 0.588. The van der Waals surface area contributed by atoms with Gasteiger partial charge in [-0.2, -0.15) is 0 Å². The maximum absolute atomic E-state index is 6.34. The highest BCUT2D eigenvalue weighted by Crippen LogP contribution is 2.31. The minimum atomic E-state index is 0.509. The standard InChI is InChI=1S/C17H25Cl2N3O/c1-4-6-13(7-5-2)21-11-20-17(19)22(12-21)14-8-9-16(23-3)15(18)10-14/h8-10,13H,4-7,11-12H2,1-3H3. The van der Waals surface area contributed by atoms with Crippen LogP contribution in [0.5, 0.6) is 5.75 Å². The number of halogens is 2. The molecule has 0 aromatic heterocycles. The highest BCUT2D eigenvalue weighted by molar-refractivity contribution is 6.68. The van der Waals surface area contributed by atoms with Crippen LogP contribution in [-0.4, -0.2) is 36.7 Å². The third-order valence-electron chi connectivity index (χ3n) is 4.14. The lowest BCUT2D eigenvalue weighted by Crippen LogP contribution is -2.49. The third-order valence-corrected chi connectivity index (χ3v) is 4.75. The molecule has 6 heteroatoms. The van der Waals surface area contributed by atoms with Crippen LogP contribution < -0.4 is 9.64 Å². The largest absolute Gasteiger partial charge is 0.495 e. The number of hydrogen-bond donors (Lipinski definition) is 0. The van der Waals surface area contributed by atoms with Gasteiger partial charge >= 0.3 is 0 Å². The summed E-state index contributed by atoms with van der Waals surface area (Å²) in [4.78, 5) is 8.87. The van der Waals surface area contributed by atoms with Gasteiger partial charge in [-0.3, -0.25) is 4.90 Å². The van der Waals surface area contributed by atoms with Gasteiger partial charge in [-0.1, -0.05) is 38.3 Å². The first kappa shape index (κ1) is 18.4. The topological polar surface area (TPSA) is 28.1 Å². The quantitative estimate of drug-likeness (QED) is 0.646. The van der Waals surface area contributed by atoms with Crippen LogP contribution in [0.4, 0.5) is 5.69 Å². The minimum Gasteiger partial charge on any atom is -0.495 e. The van der Waals surface area contributed by atoms with Gasteiger partial charge in [0.05, 0.1) is 25.5 Å². The monoisotopic (exact) mass is 357 g/mol. The summed E-state index contributed by atoms with van der Waals surface area (Å²) in [6.07, 6.45) is 4.70. The van der Waals surface area contributed by atoms with Crippen molar-refractivity contribution in [2.45, 2.75) is 45.6 Å². The first-order chi connectivity index (χ1) is 11.1. The maximum Gasteiger partial charge on any atom is 0.200 e. The van der Waals surface area contributed by atoms with E-state index in [0.717, 1.165) is 12.4 Å². The van der Waals surface area contributed by atoms with E-state index in [1.54, 1.807) is 7.11 Å². The van der Waals surface area contributed by atoms with Crippen LogP contribution in [0, 0.1) is 0 Å². The van der Waals surface area contributed by atoms with E-state index in [1.807, 2.05) is 23.1 Å². The molecule has 2 rings (SSSR count). The summed E-state index contributed by atoms with van der Waals surface area (Å²) in [6.45, 7) is 5.84. The fourth-order valence-corrected chi connectivity index (χ4v) is 3.39. The number of aliphatic imine (C=N–C) groups is 1. The molecule has 1 heterocycles. The second-order valence-electron chi connectivity index (χ2n) is 5.78. The molecular weight excluding hydrogens is 333 g/mol. The van der Waals surface area contributed by atoms with E-state index in [1.165, 1.54) is 25.7 Å². The molecule has 0 saturated carbocycles. The second kappa shape index (κ2) is 8.76. The van der Waals surface area contributed by atoms with Crippen LogP contribution in [0.3, 0.4) is 0 Å². The van der Waals surface area contributed by atoms with Crippen LogP contribution in [0.25, 0.3) is 0 Å². The predicted molar refractivity (Wildman–Crippen MR) is 98.9 cm³/mol. The van der Waals surface area contributed by atoms with Crippen LogP contribution in [0.1, 0.15) is 39.5 Å². The van der Waals surface area contributed by atoms with Gasteiger partial charge in [0.15, 0.2) is 0 Å². The number of methoxy groups -OCH3 is 1. The molecule has 23 heavy (non-hydrogen) atoms. The Morgan fingerprint density at radius 1 is 1.22 bits per heavy atom. The number of benzene rings is 1. The second-order valence-corrected chi connectivity index (χ2v) is 6.52. The van der Waals surface area contributed by atoms with Gasteiger partial charge in [0.1, 0.15) is 5.75 Å². The molecule has 1 aromatic carbocycles. The molecule has 0 aliphatic carbocycles. The minimum absolute atomic E-state index is 0.509. The Kier molecular flexibility index (Phi) is 7.00. The van der Waals surface area contributed by atoms with E-state index < -0.39 is 0 Å². The number of rotatable bonds is 7. The Morgan fingerprint density at radius 2 is 1.91 bits per heavy atom. The Balaban J connectivity index is 2.19. The van der Waals surface area contributed by atoms with Gasteiger partial charge in [0.25, 0.3) is 0 Å². The van der Waals surface area contributed by atoms with Crippen molar-refractivity contribution in [3.05, 3.63) is 23.2 Å². The smallest absolute Gasteiger partial charge is 0.200 e. The average Bonchev–Trinajstić information content (AvgIpc) is 2.55. The zero-order chi connectivity index (χ0) is 16.8. The predicted octanol–water partition coefficient (Wildman–Crippen LogP) is 4.95. The molecule has 0 amide bonds. The lowest BCUT2D eigenvalue weighted by molar-refractivity contribution is 0.180. The van der Waals surface area contributed by atoms with Crippen molar-refractivity contribution in [2.75, 3.05) is 25.3 Å². The maximum atomic E-state index is 6.34. The Hall–Kier alpha value is -0.970. The van der Waals surface area contributed by atoms with Crippen molar-refractivity contribution in [1.29, 1.82) is 0 Å². The van der Waals surface area contributed by atoms with E-state index in [4.69, 9.17) is 27.9 Å². The van der Waals surface area contributed by atoms with Crippen molar-refractivity contribution >= 4 is 34.2 Å². The molecule has 4 nitrogen and oxygen atoms in total. The zero-order valence-electron chi connectivity index (χ0n) is 14.1. The van der Waals surface area contributed by atoms with Gasteiger partial charge in [0, 0.05) is 11.7 Å². The summed E-state index contributed by atoms with van der Waals surface area (Å²) >= 11 is 12.6. The van der Waals surface area contributed by atoms with Crippen LogP contribution >= 0.6 is 23.2 Å². The lowest BCUT2D eigenvalue weighted by atomic mass is 10.1. The molecule has 128 valence electrons. The Morgan fingerprint density at radius 3 is 2.48 bits per heavy atom. The number of hydrogen-bond acceptors (Lipinski definition) is 4. The van der Waals surface area contributed by atoms with Gasteiger partial charge in [-0.15, -0.1) is 0 Å². The van der Waals surface area contributed by atoms with Crippen LogP contribution in [-0.2, 0) is 0 Å². The summed E-state index contributed by atoms with van der Waals surface area (Å²) in [6, 6.07) is 6.22. The normalized spacial score (nSPS) is 15.9. The SMILES string of the molecule is CCCC(CCC)N1CN=C(Cl)N(c2ccc(OC)c(Cl)c2)C1. The van der Waals surface area contributed by atoms with Crippen molar-refractivity contribution in [3.8, 4) is 5.75 Å². The Bertz CT molecular complexity index is 545. The van der Waals surface area contributed by atoms with Gasteiger partial charge < -0.3 is 9.64 Å². The molecular formula is C17H25Cl2N3O. The molecule has 0 saturated heterocycles. The van der Waals surface area contributed by atoms with Crippen LogP contribution in [0.15, 0.2) is 23.2 Å². The molecule has 0 atom stereocenters. The van der Waals surface area contributed by atoms with E-state index in [9.17, 15) is 0 Å². The summed E-state index contributed by atoms with van der Waals surface area (Å²) < 4.78 is 5.21. The molecule has 1 aliphatic heterocycles. The molecule has 0 bridgehead atoms. The first-order valence-electron chi connectivity index (χ1n) is 8.15. The summed E-state index contributed by atoms with van der Waals surface area (Å²) in [5.41, 5.74) is 0.931. The Labute approximate surface area is 149 Å². The van der Waals surface area contributed by atoms with Gasteiger partial charge in [0.2, 0.25) is 5.29 Å². The third kappa shape index (κ3) is 4.52. The summed E-state index contributed by atoms with van der Waals surface area (Å²) in [7, 11) is 1.61. The molecule has 0 unspecified atom stereocenters. The molecule has 0 radical (unpaired) electrons. The number of anilines is 1. The molecule has 1 aliphatic rings. The van der Waals surface area contributed by atoms with E-state index in [-0.39, 0.29) is 0 Å². The summed E-state index contributed by atoms with van der Waals surface area (Å²) in [5, 5.41) is 1.08. The lowest BCUT2D eigenvalue weighted by Gasteiger charge is -2.38. The molecule has 1 aromatic rings. The van der Waals surface area contributed by atoms with Crippen molar-refractivity contribution in [2.24, 2.45) is 4.99 Å².